The highest BCUT2D eigenvalue weighted by Gasteiger charge is 2.42. The largest absolute Gasteiger partial charge is 0.503 e. The Morgan fingerprint density at radius 1 is 1.09 bits per heavy atom. The number of amides is 1. The third kappa shape index (κ3) is 5.43. The minimum absolute atomic E-state index is 0.0218. The van der Waals surface area contributed by atoms with Gasteiger partial charge in [-0.05, 0) is 36.3 Å². The molecule has 0 bridgehead atoms. The summed E-state index contributed by atoms with van der Waals surface area (Å²) >= 11 is 0. The van der Waals surface area contributed by atoms with Crippen LogP contribution >= 0.6 is 0 Å². The first-order valence-electron chi connectivity index (χ1n) is 10.5. The molecule has 0 saturated heterocycles. The number of benzene rings is 2. The molecule has 1 aliphatic heterocycles. The van der Waals surface area contributed by atoms with E-state index >= 15 is 0 Å². The molecule has 7 nitrogen and oxygen atoms in total. The molecule has 2 aromatic rings. The van der Waals surface area contributed by atoms with E-state index in [-0.39, 0.29) is 31.9 Å². The summed E-state index contributed by atoms with van der Waals surface area (Å²) in [6.07, 6.45) is 3.01. The van der Waals surface area contributed by atoms with E-state index in [9.17, 15) is 14.7 Å². The molecule has 3 rings (SSSR count). The summed E-state index contributed by atoms with van der Waals surface area (Å²) in [6.45, 7) is 2.72. The Balaban J connectivity index is 1.91. The number of ketones is 1. The lowest BCUT2D eigenvalue weighted by Crippen LogP contribution is -2.34. The van der Waals surface area contributed by atoms with E-state index in [1.807, 2.05) is 37.3 Å². The molecular formula is C25H27NO6. The highest BCUT2D eigenvalue weighted by molar-refractivity contribution is 6.14. The second kappa shape index (κ2) is 11.3. The van der Waals surface area contributed by atoms with Crippen molar-refractivity contribution in [1.82, 2.24) is 4.90 Å². The first kappa shape index (κ1) is 23.2. The van der Waals surface area contributed by atoms with Crippen molar-refractivity contribution in [3.05, 3.63) is 83.1 Å². The third-order valence-corrected chi connectivity index (χ3v) is 5.01. The smallest absolute Gasteiger partial charge is 0.290 e. The molecular weight excluding hydrogens is 410 g/mol. The average molecular weight is 437 g/mol. The van der Waals surface area contributed by atoms with E-state index in [2.05, 4.69) is 0 Å². The Hall–Kier alpha value is -3.42. The average Bonchev–Trinajstić information content (AvgIpc) is 3.07. The molecule has 32 heavy (non-hydrogen) atoms. The zero-order valence-corrected chi connectivity index (χ0v) is 17.9. The zero-order chi connectivity index (χ0) is 22.9. The quantitative estimate of drug-likeness (QED) is 0.414. The van der Waals surface area contributed by atoms with Crippen molar-refractivity contribution in [2.75, 3.05) is 33.0 Å². The normalized spacial score (nSPS) is 16.2. The fourth-order valence-electron chi connectivity index (χ4n) is 3.55. The Bertz CT molecular complexity index is 981. The van der Waals surface area contributed by atoms with Crippen LogP contribution in [-0.2, 0) is 14.3 Å². The Morgan fingerprint density at radius 3 is 2.47 bits per heavy atom. The van der Waals surface area contributed by atoms with Crippen molar-refractivity contribution in [2.45, 2.75) is 13.0 Å². The molecule has 0 radical (unpaired) electrons. The van der Waals surface area contributed by atoms with Gasteiger partial charge in [0, 0.05) is 6.54 Å². The highest BCUT2D eigenvalue weighted by Crippen LogP contribution is 2.38. The van der Waals surface area contributed by atoms with Gasteiger partial charge in [-0.2, -0.15) is 0 Å². The Kier molecular flexibility index (Phi) is 8.19. The molecule has 2 N–H and O–H groups in total. The van der Waals surface area contributed by atoms with E-state index in [1.165, 1.54) is 11.0 Å². The van der Waals surface area contributed by atoms with Crippen LogP contribution in [0.5, 0.6) is 5.75 Å². The number of nitrogens with zero attached hydrogens (tertiary/aromatic N) is 1. The maximum absolute atomic E-state index is 13.1. The molecule has 2 aromatic carbocycles. The standard InChI is InChI=1S/C25H27NO6/c1-2-32-20-11-9-19(10-12-20)23-22(21(28)13-8-18-6-4-3-5-7-18)24(29)25(30)26(23)14-16-31-17-15-27/h3-13,23,27,29H,2,14-17H2,1H3/b13-8+. The second-order valence-electron chi connectivity index (χ2n) is 7.11. The number of hydrogen-bond acceptors (Lipinski definition) is 6. The van der Waals surface area contributed by atoms with Crippen molar-refractivity contribution < 1.29 is 29.3 Å². The molecule has 7 heteroatoms. The maximum Gasteiger partial charge on any atom is 0.290 e. The summed E-state index contributed by atoms with van der Waals surface area (Å²) in [5.74, 6) is -0.970. The molecule has 1 unspecified atom stereocenters. The lowest BCUT2D eigenvalue weighted by Gasteiger charge is -2.26. The maximum atomic E-state index is 13.1. The predicted molar refractivity (Wildman–Crippen MR) is 120 cm³/mol. The Morgan fingerprint density at radius 2 is 1.81 bits per heavy atom. The number of rotatable bonds is 11. The summed E-state index contributed by atoms with van der Waals surface area (Å²) in [4.78, 5) is 27.3. The van der Waals surface area contributed by atoms with Crippen molar-refractivity contribution in [1.29, 1.82) is 0 Å². The van der Waals surface area contributed by atoms with Crippen molar-refractivity contribution in [3.8, 4) is 5.75 Å². The van der Waals surface area contributed by atoms with Gasteiger partial charge in [-0.3, -0.25) is 9.59 Å². The van der Waals surface area contributed by atoms with Gasteiger partial charge < -0.3 is 24.6 Å². The van der Waals surface area contributed by atoms with Crippen molar-refractivity contribution in [3.63, 3.8) is 0 Å². The summed E-state index contributed by atoms with van der Waals surface area (Å²) in [7, 11) is 0. The second-order valence-corrected chi connectivity index (χ2v) is 7.11. The first-order chi connectivity index (χ1) is 15.6. The molecule has 0 aliphatic carbocycles. The van der Waals surface area contributed by atoms with Crippen LogP contribution in [0, 0.1) is 0 Å². The number of aliphatic hydroxyl groups is 2. The fourth-order valence-corrected chi connectivity index (χ4v) is 3.55. The van der Waals surface area contributed by atoms with Gasteiger partial charge in [0.2, 0.25) is 0 Å². The van der Waals surface area contributed by atoms with Gasteiger partial charge in [0.05, 0.1) is 38.0 Å². The lowest BCUT2D eigenvalue weighted by atomic mass is 9.95. The van der Waals surface area contributed by atoms with E-state index in [0.717, 1.165) is 5.56 Å². The van der Waals surface area contributed by atoms with Gasteiger partial charge in [0.25, 0.3) is 5.91 Å². The van der Waals surface area contributed by atoms with Crippen LogP contribution < -0.4 is 4.74 Å². The molecule has 1 aliphatic rings. The number of ether oxygens (including phenoxy) is 2. The van der Waals surface area contributed by atoms with Gasteiger partial charge in [-0.25, -0.2) is 0 Å². The molecule has 1 amide bonds. The minimum atomic E-state index is -0.760. The van der Waals surface area contributed by atoms with Crippen LogP contribution in [0.3, 0.4) is 0 Å². The monoisotopic (exact) mass is 437 g/mol. The number of hydrogen-bond donors (Lipinski definition) is 2. The van der Waals surface area contributed by atoms with Crippen LogP contribution in [0.1, 0.15) is 24.1 Å². The van der Waals surface area contributed by atoms with Gasteiger partial charge in [0.1, 0.15) is 5.75 Å². The van der Waals surface area contributed by atoms with E-state index < -0.39 is 23.5 Å². The molecule has 168 valence electrons. The van der Waals surface area contributed by atoms with Gasteiger partial charge in [0.15, 0.2) is 11.5 Å². The SMILES string of the molecule is CCOc1ccc(C2C(C(=O)/C=C/c3ccccc3)=C(O)C(=O)N2CCOCCO)cc1. The highest BCUT2D eigenvalue weighted by atomic mass is 16.5. The van der Waals surface area contributed by atoms with Gasteiger partial charge >= 0.3 is 0 Å². The van der Waals surface area contributed by atoms with E-state index in [4.69, 9.17) is 14.6 Å². The summed E-state index contributed by atoms with van der Waals surface area (Å²) in [6, 6.07) is 15.6. The molecule has 0 saturated carbocycles. The fraction of sp³-hybridized carbons (Fsp3) is 0.280. The summed E-state index contributed by atoms with van der Waals surface area (Å²) < 4.78 is 10.8. The minimum Gasteiger partial charge on any atom is -0.503 e. The van der Waals surface area contributed by atoms with Gasteiger partial charge in [-0.15, -0.1) is 0 Å². The third-order valence-electron chi connectivity index (χ3n) is 5.01. The zero-order valence-electron chi connectivity index (χ0n) is 17.9. The molecule has 0 aromatic heterocycles. The van der Waals surface area contributed by atoms with E-state index in [1.54, 1.807) is 30.3 Å². The first-order valence-corrected chi connectivity index (χ1v) is 10.5. The van der Waals surface area contributed by atoms with Crippen LogP contribution in [0.4, 0.5) is 0 Å². The number of aliphatic hydroxyl groups excluding tert-OH is 2. The lowest BCUT2D eigenvalue weighted by molar-refractivity contribution is -0.130. The van der Waals surface area contributed by atoms with Crippen LogP contribution in [0.15, 0.2) is 72.0 Å². The number of carbonyl (C=O) groups is 2. The Labute approximate surface area is 187 Å². The topological polar surface area (TPSA) is 96.3 Å². The molecule has 0 fully saturated rings. The van der Waals surface area contributed by atoms with Gasteiger partial charge in [-0.1, -0.05) is 48.5 Å². The van der Waals surface area contributed by atoms with Crippen molar-refractivity contribution in [2.24, 2.45) is 0 Å². The van der Waals surface area contributed by atoms with Crippen LogP contribution in [-0.4, -0.2) is 59.8 Å². The van der Waals surface area contributed by atoms with Crippen LogP contribution in [0.2, 0.25) is 0 Å². The van der Waals surface area contributed by atoms with Crippen molar-refractivity contribution >= 4 is 17.8 Å². The van der Waals surface area contributed by atoms with Crippen LogP contribution in [0.25, 0.3) is 6.08 Å². The number of allylic oxidation sites excluding steroid dienone is 1. The summed E-state index contributed by atoms with van der Waals surface area (Å²) in [5.41, 5.74) is 1.52. The molecule has 1 atom stereocenters. The summed E-state index contributed by atoms with van der Waals surface area (Å²) in [5, 5.41) is 19.5. The molecule has 0 spiro atoms. The predicted octanol–water partition coefficient (Wildman–Crippen LogP) is 3.07. The molecule has 1 heterocycles. The number of carbonyl (C=O) groups excluding carboxylic acids is 2. The van der Waals surface area contributed by atoms with E-state index in [0.29, 0.717) is 17.9 Å².